The van der Waals surface area contributed by atoms with Gasteiger partial charge in [0, 0.05) is 56.4 Å². The predicted octanol–water partition coefficient (Wildman–Crippen LogP) is 3.46. The maximum atomic E-state index is 12.3. The van der Waals surface area contributed by atoms with Crippen molar-refractivity contribution in [3.8, 4) is 11.5 Å². The molecule has 6 nitrogen and oxygen atoms in total. The predicted molar refractivity (Wildman–Crippen MR) is 123 cm³/mol. The normalized spacial score (nSPS) is 15.8. The molecule has 1 N–H and O–H groups in total. The van der Waals surface area contributed by atoms with E-state index in [1.165, 1.54) is 5.56 Å². The lowest BCUT2D eigenvalue weighted by molar-refractivity contribution is 0.0933. The summed E-state index contributed by atoms with van der Waals surface area (Å²) >= 11 is 6.07. The molecule has 4 rings (SSSR count). The number of benzene rings is 2. The third kappa shape index (κ3) is 6.40. The lowest BCUT2D eigenvalue weighted by Crippen LogP contribution is -2.48. The number of rotatable bonds is 6. The molecule has 0 atom stereocenters. The number of halogens is 3. The molecule has 1 amide bonds. The van der Waals surface area contributed by atoms with Crippen LogP contribution in [0.3, 0.4) is 0 Å². The smallest absolute Gasteiger partial charge is 0.251 e. The van der Waals surface area contributed by atoms with Crippen LogP contribution in [-0.2, 0) is 6.54 Å². The summed E-state index contributed by atoms with van der Waals surface area (Å²) in [5, 5.41) is 3.78. The molecule has 0 unspecified atom stereocenters. The van der Waals surface area contributed by atoms with Gasteiger partial charge in [0.15, 0.2) is 11.5 Å². The Morgan fingerprint density at radius 1 is 0.967 bits per heavy atom. The summed E-state index contributed by atoms with van der Waals surface area (Å²) in [7, 11) is 0. The molecule has 2 aliphatic heterocycles. The molecule has 0 spiro atoms. The van der Waals surface area contributed by atoms with E-state index in [1.54, 1.807) is 18.2 Å². The third-order valence-electron chi connectivity index (χ3n) is 5.11. The van der Waals surface area contributed by atoms with E-state index in [2.05, 4.69) is 21.2 Å². The van der Waals surface area contributed by atoms with Crippen LogP contribution in [-0.4, -0.2) is 61.8 Å². The first kappa shape index (κ1) is 24.6. The maximum Gasteiger partial charge on any atom is 0.251 e. The van der Waals surface area contributed by atoms with Gasteiger partial charge in [-0.3, -0.25) is 14.6 Å². The van der Waals surface area contributed by atoms with Crippen molar-refractivity contribution in [1.29, 1.82) is 0 Å². The van der Waals surface area contributed by atoms with Crippen LogP contribution in [0.2, 0.25) is 5.02 Å². The number of hydrogen-bond acceptors (Lipinski definition) is 5. The first-order valence-corrected chi connectivity index (χ1v) is 9.92. The number of carbonyl (C=O) groups is 1. The molecular weight excluding hydrogens is 449 g/mol. The van der Waals surface area contributed by atoms with Crippen LogP contribution in [0.25, 0.3) is 0 Å². The van der Waals surface area contributed by atoms with Crippen molar-refractivity contribution in [1.82, 2.24) is 15.1 Å². The summed E-state index contributed by atoms with van der Waals surface area (Å²) in [6.07, 6.45) is 0. The molecule has 2 aromatic carbocycles. The number of ether oxygens (including phenoxy) is 2. The summed E-state index contributed by atoms with van der Waals surface area (Å²) in [6.45, 7) is 6.65. The molecule has 0 bridgehead atoms. The van der Waals surface area contributed by atoms with Gasteiger partial charge in [-0.15, -0.1) is 24.8 Å². The highest BCUT2D eigenvalue weighted by atomic mass is 35.5. The van der Waals surface area contributed by atoms with E-state index in [1.807, 2.05) is 18.2 Å². The van der Waals surface area contributed by atoms with Gasteiger partial charge in [-0.2, -0.15) is 0 Å². The summed E-state index contributed by atoms with van der Waals surface area (Å²) in [5.74, 6) is 1.23. The minimum Gasteiger partial charge on any atom is -0.454 e. The van der Waals surface area contributed by atoms with E-state index >= 15 is 0 Å². The first-order valence-electron chi connectivity index (χ1n) is 9.54. The molecular formula is C21H26Cl3N3O3. The molecule has 0 saturated carbocycles. The van der Waals surface area contributed by atoms with Crippen molar-refractivity contribution in [2.24, 2.45) is 0 Å². The third-order valence-corrected chi connectivity index (χ3v) is 5.34. The molecule has 2 aromatic rings. The number of piperazine rings is 1. The van der Waals surface area contributed by atoms with Crippen LogP contribution in [0.1, 0.15) is 15.9 Å². The summed E-state index contributed by atoms with van der Waals surface area (Å²) in [5.41, 5.74) is 1.84. The van der Waals surface area contributed by atoms with Crippen LogP contribution in [0.5, 0.6) is 11.5 Å². The molecule has 2 aliphatic rings. The van der Waals surface area contributed by atoms with Crippen LogP contribution >= 0.6 is 36.4 Å². The van der Waals surface area contributed by atoms with Gasteiger partial charge in [0.1, 0.15) is 0 Å². The monoisotopic (exact) mass is 473 g/mol. The van der Waals surface area contributed by atoms with Crippen molar-refractivity contribution in [2.75, 3.05) is 46.1 Å². The molecule has 2 heterocycles. The average molecular weight is 475 g/mol. The Hall–Kier alpha value is -1.70. The Labute approximate surface area is 194 Å². The number of carbonyl (C=O) groups excluding carboxylic acids is 1. The zero-order valence-electron chi connectivity index (χ0n) is 16.5. The Kier molecular flexibility index (Phi) is 9.52. The number of nitrogens with one attached hydrogen (secondary N) is 1. The summed E-state index contributed by atoms with van der Waals surface area (Å²) < 4.78 is 10.6. The van der Waals surface area contributed by atoms with E-state index in [-0.39, 0.29) is 37.5 Å². The van der Waals surface area contributed by atoms with Gasteiger partial charge in [0.25, 0.3) is 5.91 Å². The Morgan fingerprint density at radius 3 is 2.47 bits per heavy atom. The second-order valence-electron chi connectivity index (χ2n) is 7.07. The molecule has 1 saturated heterocycles. The quantitative estimate of drug-likeness (QED) is 0.695. The average Bonchev–Trinajstić information content (AvgIpc) is 3.17. The van der Waals surface area contributed by atoms with Crippen LogP contribution in [0.15, 0.2) is 42.5 Å². The lowest BCUT2D eigenvalue weighted by Gasteiger charge is -2.34. The molecule has 9 heteroatoms. The van der Waals surface area contributed by atoms with Crippen molar-refractivity contribution < 1.29 is 14.3 Å². The number of amides is 1. The second-order valence-corrected chi connectivity index (χ2v) is 7.51. The van der Waals surface area contributed by atoms with E-state index in [9.17, 15) is 4.79 Å². The van der Waals surface area contributed by atoms with Gasteiger partial charge in [0.05, 0.1) is 0 Å². The highest BCUT2D eigenvalue weighted by Gasteiger charge is 2.18. The van der Waals surface area contributed by atoms with Gasteiger partial charge >= 0.3 is 0 Å². The van der Waals surface area contributed by atoms with E-state index in [0.717, 1.165) is 44.3 Å². The van der Waals surface area contributed by atoms with Gasteiger partial charge in [-0.25, -0.2) is 0 Å². The minimum atomic E-state index is -0.0853. The fraction of sp³-hybridized carbons (Fsp3) is 0.381. The largest absolute Gasteiger partial charge is 0.454 e. The number of nitrogens with zero attached hydrogens (tertiary/aromatic N) is 2. The lowest BCUT2D eigenvalue weighted by atomic mass is 10.2. The molecule has 0 aliphatic carbocycles. The molecule has 0 radical (unpaired) electrons. The Balaban J connectivity index is 0.00000160. The maximum absolute atomic E-state index is 12.3. The van der Waals surface area contributed by atoms with Gasteiger partial charge < -0.3 is 14.8 Å². The van der Waals surface area contributed by atoms with Gasteiger partial charge in [-0.05, 0) is 35.9 Å². The summed E-state index contributed by atoms with van der Waals surface area (Å²) in [6, 6.07) is 13.3. The highest BCUT2D eigenvalue weighted by Crippen LogP contribution is 2.32. The Bertz CT molecular complexity index is 845. The second kappa shape index (κ2) is 11.6. The van der Waals surface area contributed by atoms with E-state index < -0.39 is 0 Å². The van der Waals surface area contributed by atoms with Crippen molar-refractivity contribution in [2.45, 2.75) is 6.54 Å². The topological polar surface area (TPSA) is 54.0 Å². The van der Waals surface area contributed by atoms with Crippen molar-refractivity contribution in [3.63, 3.8) is 0 Å². The fourth-order valence-corrected chi connectivity index (χ4v) is 3.74. The SMILES string of the molecule is Cl.Cl.O=C(NCCN1CCN(Cc2cccc(Cl)c2)CC1)c1ccc2c(c1)OCO2. The zero-order chi connectivity index (χ0) is 19.3. The summed E-state index contributed by atoms with van der Waals surface area (Å²) in [4.78, 5) is 17.1. The van der Waals surface area contributed by atoms with E-state index in [4.69, 9.17) is 21.1 Å². The van der Waals surface area contributed by atoms with Crippen LogP contribution in [0.4, 0.5) is 0 Å². The van der Waals surface area contributed by atoms with Crippen molar-refractivity contribution >= 4 is 42.3 Å². The zero-order valence-corrected chi connectivity index (χ0v) is 18.9. The number of fused-ring (bicyclic) bond motifs is 1. The highest BCUT2D eigenvalue weighted by molar-refractivity contribution is 6.30. The van der Waals surface area contributed by atoms with E-state index in [0.29, 0.717) is 23.6 Å². The molecule has 30 heavy (non-hydrogen) atoms. The van der Waals surface area contributed by atoms with Gasteiger partial charge in [-0.1, -0.05) is 23.7 Å². The first-order chi connectivity index (χ1) is 13.7. The standard InChI is InChI=1S/C21H24ClN3O3.2ClH/c22-18-3-1-2-16(12-18)14-25-10-8-24(9-11-25)7-6-23-21(26)17-4-5-19-20(13-17)28-15-27-19;;/h1-5,12-13H,6-11,14-15H2,(H,23,26);2*1H. The van der Waals surface area contributed by atoms with Crippen LogP contribution in [0, 0.1) is 0 Å². The molecule has 0 aromatic heterocycles. The van der Waals surface area contributed by atoms with Crippen molar-refractivity contribution in [3.05, 3.63) is 58.6 Å². The fourth-order valence-electron chi connectivity index (χ4n) is 3.53. The molecule has 1 fully saturated rings. The van der Waals surface area contributed by atoms with Crippen LogP contribution < -0.4 is 14.8 Å². The molecule has 164 valence electrons. The minimum absolute atomic E-state index is 0. The van der Waals surface area contributed by atoms with Gasteiger partial charge in [0.2, 0.25) is 6.79 Å². The number of hydrogen-bond donors (Lipinski definition) is 1. The Morgan fingerprint density at radius 2 is 1.70 bits per heavy atom.